The van der Waals surface area contributed by atoms with Gasteiger partial charge >= 0.3 is 0 Å². The summed E-state index contributed by atoms with van der Waals surface area (Å²) < 4.78 is 1.09. The second kappa shape index (κ2) is 4.31. The normalized spacial score (nSPS) is 10.7. The van der Waals surface area contributed by atoms with Crippen LogP contribution in [0, 0.1) is 0 Å². The molecule has 1 rings (SSSR count). The Kier molecular flexibility index (Phi) is 3.33. The second-order valence-electron chi connectivity index (χ2n) is 2.19. The summed E-state index contributed by atoms with van der Waals surface area (Å²) in [5.41, 5.74) is 6.49. The van der Waals surface area contributed by atoms with Crippen molar-refractivity contribution in [1.82, 2.24) is 0 Å². The van der Waals surface area contributed by atoms with Crippen LogP contribution in [-0.4, -0.2) is 6.54 Å². The molecule has 0 aliphatic rings. The van der Waals surface area contributed by atoms with Crippen LogP contribution in [0.25, 0.3) is 6.08 Å². The molecule has 0 radical (unpaired) electrons. The molecular weight excluding hydrogens is 202 g/mol. The highest BCUT2D eigenvalue weighted by Crippen LogP contribution is 2.12. The first-order valence-electron chi connectivity index (χ1n) is 3.45. The van der Waals surface area contributed by atoms with Gasteiger partial charge in [0.05, 0.1) is 0 Å². The third kappa shape index (κ3) is 2.87. The maximum atomic E-state index is 5.32. The molecule has 0 unspecified atom stereocenters. The fourth-order valence-corrected chi connectivity index (χ4v) is 1.23. The van der Waals surface area contributed by atoms with Crippen molar-refractivity contribution in [2.24, 2.45) is 5.73 Å². The molecule has 2 N–H and O–H groups in total. The van der Waals surface area contributed by atoms with E-state index < -0.39 is 0 Å². The lowest BCUT2D eigenvalue weighted by atomic mass is 10.2. The Hall–Kier alpha value is -0.600. The summed E-state index contributed by atoms with van der Waals surface area (Å²) >= 11 is 3.39. The third-order valence-corrected chi connectivity index (χ3v) is 1.79. The Morgan fingerprint density at radius 3 is 2.91 bits per heavy atom. The van der Waals surface area contributed by atoms with E-state index in [1.165, 1.54) is 5.56 Å². The summed E-state index contributed by atoms with van der Waals surface area (Å²) in [4.78, 5) is 0. The third-order valence-electron chi connectivity index (χ3n) is 1.30. The van der Waals surface area contributed by atoms with Crippen molar-refractivity contribution in [2.75, 3.05) is 6.54 Å². The van der Waals surface area contributed by atoms with Crippen LogP contribution in [0.15, 0.2) is 34.8 Å². The molecule has 1 nitrogen and oxygen atoms in total. The van der Waals surface area contributed by atoms with Crippen LogP contribution in [0.2, 0.25) is 0 Å². The minimum absolute atomic E-state index is 0.590. The molecule has 0 atom stereocenters. The van der Waals surface area contributed by atoms with Gasteiger partial charge in [-0.3, -0.25) is 0 Å². The van der Waals surface area contributed by atoms with E-state index in [1.54, 1.807) is 0 Å². The molecule has 1 aromatic carbocycles. The van der Waals surface area contributed by atoms with Gasteiger partial charge in [-0.25, -0.2) is 0 Å². The van der Waals surface area contributed by atoms with Gasteiger partial charge in [0.25, 0.3) is 0 Å². The summed E-state index contributed by atoms with van der Waals surface area (Å²) in [6.07, 6.45) is 3.94. The van der Waals surface area contributed by atoms with Gasteiger partial charge in [0, 0.05) is 11.0 Å². The zero-order valence-electron chi connectivity index (χ0n) is 6.13. The van der Waals surface area contributed by atoms with E-state index in [2.05, 4.69) is 15.9 Å². The van der Waals surface area contributed by atoms with Crippen molar-refractivity contribution in [3.8, 4) is 0 Å². The number of hydrogen-bond donors (Lipinski definition) is 1. The van der Waals surface area contributed by atoms with Crippen LogP contribution >= 0.6 is 15.9 Å². The molecular formula is C9H10BrN. The quantitative estimate of drug-likeness (QED) is 0.800. The van der Waals surface area contributed by atoms with Gasteiger partial charge in [-0.2, -0.15) is 0 Å². The molecule has 1 aromatic rings. The van der Waals surface area contributed by atoms with E-state index >= 15 is 0 Å². The largest absolute Gasteiger partial charge is 0.327 e. The number of halogens is 1. The Labute approximate surface area is 75.0 Å². The Bertz CT molecular complexity index is 255. The van der Waals surface area contributed by atoms with Crippen LogP contribution in [-0.2, 0) is 0 Å². The zero-order valence-corrected chi connectivity index (χ0v) is 7.71. The summed E-state index contributed by atoms with van der Waals surface area (Å²) in [7, 11) is 0. The van der Waals surface area contributed by atoms with E-state index in [0.717, 1.165) is 4.47 Å². The second-order valence-corrected chi connectivity index (χ2v) is 3.11. The zero-order chi connectivity index (χ0) is 8.10. The van der Waals surface area contributed by atoms with Gasteiger partial charge in [0.2, 0.25) is 0 Å². The van der Waals surface area contributed by atoms with Crippen LogP contribution in [0.1, 0.15) is 5.56 Å². The minimum Gasteiger partial charge on any atom is -0.327 e. The number of benzene rings is 1. The Morgan fingerprint density at radius 1 is 1.45 bits per heavy atom. The van der Waals surface area contributed by atoms with E-state index in [4.69, 9.17) is 5.73 Å². The first kappa shape index (κ1) is 8.50. The van der Waals surface area contributed by atoms with Gasteiger partial charge in [-0.15, -0.1) is 0 Å². The number of rotatable bonds is 2. The number of hydrogen-bond acceptors (Lipinski definition) is 1. The van der Waals surface area contributed by atoms with Crippen molar-refractivity contribution in [1.29, 1.82) is 0 Å². The van der Waals surface area contributed by atoms with E-state index in [0.29, 0.717) is 6.54 Å². The lowest BCUT2D eigenvalue weighted by molar-refractivity contribution is 1.26. The Morgan fingerprint density at radius 2 is 2.27 bits per heavy atom. The van der Waals surface area contributed by atoms with Crippen molar-refractivity contribution in [3.05, 3.63) is 40.4 Å². The summed E-state index contributed by atoms with van der Waals surface area (Å²) in [5.74, 6) is 0. The lowest BCUT2D eigenvalue weighted by Gasteiger charge is -1.92. The minimum atomic E-state index is 0.590. The average molecular weight is 212 g/mol. The summed E-state index contributed by atoms with van der Waals surface area (Å²) in [6.45, 7) is 0.590. The highest BCUT2D eigenvalue weighted by Gasteiger charge is 1.86. The maximum absolute atomic E-state index is 5.32. The summed E-state index contributed by atoms with van der Waals surface area (Å²) in [5, 5.41) is 0. The molecule has 58 valence electrons. The van der Waals surface area contributed by atoms with Crippen molar-refractivity contribution in [2.45, 2.75) is 0 Å². The smallest absolute Gasteiger partial charge is 0.0181 e. The van der Waals surface area contributed by atoms with Crippen molar-refractivity contribution < 1.29 is 0 Å². The molecule has 0 fully saturated rings. The highest BCUT2D eigenvalue weighted by atomic mass is 79.9. The summed E-state index contributed by atoms with van der Waals surface area (Å²) in [6, 6.07) is 8.09. The molecule has 0 aromatic heterocycles. The van der Waals surface area contributed by atoms with E-state index in [1.807, 2.05) is 36.4 Å². The van der Waals surface area contributed by atoms with Crippen LogP contribution in [0.3, 0.4) is 0 Å². The van der Waals surface area contributed by atoms with Crippen LogP contribution < -0.4 is 5.73 Å². The van der Waals surface area contributed by atoms with Gasteiger partial charge in [-0.1, -0.05) is 40.2 Å². The Balaban J connectivity index is 2.79. The monoisotopic (exact) mass is 211 g/mol. The average Bonchev–Trinajstić information content (AvgIpc) is 2.01. The topological polar surface area (TPSA) is 26.0 Å². The fraction of sp³-hybridized carbons (Fsp3) is 0.111. The molecule has 11 heavy (non-hydrogen) atoms. The lowest BCUT2D eigenvalue weighted by Crippen LogP contribution is -1.91. The first-order chi connectivity index (χ1) is 5.33. The fourth-order valence-electron chi connectivity index (χ4n) is 0.814. The molecule has 0 aliphatic heterocycles. The van der Waals surface area contributed by atoms with Crippen molar-refractivity contribution >= 4 is 22.0 Å². The molecule has 0 saturated carbocycles. The standard InChI is InChI=1S/C9H10BrN/c10-9-5-1-3-8(7-9)4-2-6-11/h1-5,7H,6,11H2/b4-2+. The van der Waals surface area contributed by atoms with Crippen LogP contribution in [0.4, 0.5) is 0 Å². The SMILES string of the molecule is NC/C=C/c1cccc(Br)c1. The van der Waals surface area contributed by atoms with Gasteiger partial charge in [0.1, 0.15) is 0 Å². The highest BCUT2D eigenvalue weighted by molar-refractivity contribution is 9.10. The first-order valence-corrected chi connectivity index (χ1v) is 4.24. The molecule has 0 aliphatic carbocycles. The predicted molar refractivity (Wildman–Crippen MR) is 52.2 cm³/mol. The molecule has 0 amide bonds. The van der Waals surface area contributed by atoms with Crippen LogP contribution in [0.5, 0.6) is 0 Å². The van der Waals surface area contributed by atoms with Gasteiger partial charge < -0.3 is 5.73 Å². The molecule has 0 bridgehead atoms. The van der Waals surface area contributed by atoms with Gasteiger partial charge in [0.15, 0.2) is 0 Å². The maximum Gasteiger partial charge on any atom is 0.0181 e. The van der Waals surface area contributed by atoms with E-state index in [9.17, 15) is 0 Å². The molecule has 0 heterocycles. The number of nitrogens with two attached hydrogens (primary N) is 1. The molecule has 0 spiro atoms. The van der Waals surface area contributed by atoms with E-state index in [-0.39, 0.29) is 0 Å². The molecule has 2 heteroatoms. The predicted octanol–water partition coefficient (Wildman–Crippen LogP) is 2.42. The van der Waals surface area contributed by atoms with Gasteiger partial charge in [-0.05, 0) is 17.7 Å². The molecule has 0 saturated heterocycles. The van der Waals surface area contributed by atoms with Crippen molar-refractivity contribution in [3.63, 3.8) is 0 Å².